The molecular formula is C30H32Cl2F3N3O2. The maximum absolute atomic E-state index is 14.1. The average molecular weight is 595 g/mol. The van der Waals surface area contributed by atoms with Gasteiger partial charge in [0.15, 0.2) is 0 Å². The molecule has 3 atom stereocenters. The fraction of sp³-hybridized carbons (Fsp3) is 0.533. The number of rotatable bonds is 3. The number of nitrogens with one attached hydrogen (secondary N) is 1. The van der Waals surface area contributed by atoms with E-state index in [1.807, 2.05) is 11.0 Å². The van der Waals surface area contributed by atoms with Crippen molar-refractivity contribution in [1.82, 2.24) is 15.1 Å². The molecule has 2 saturated heterocycles. The van der Waals surface area contributed by atoms with E-state index in [0.29, 0.717) is 53.7 Å². The number of carbonyl (C=O) groups excluding carboxylic acids is 2. The molecule has 5 nitrogen and oxygen atoms in total. The van der Waals surface area contributed by atoms with Crippen molar-refractivity contribution in [3.8, 4) is 0 Å². The lowest BCUT2D eigenvalue weighted by Crippen LogP contribution is -2.52. The lowest BCUT2D eigenvalue weighted by Gasteiger charge is -2.37. The summed E-state index contributed by atoms with van der Waals surface area (Å²) in [6.07, 6.45) is 3.91. The Labute approximate surface area is 242 Å². The zero-order valence-corrected chi connectivity index (χ0v) is 23.8. The first-order chi connectivity index (χ1) is 18.9. The van der Waals surface area contributed by atoms with E-state index in [-0.39, 0.29) is 29.3 Å². The van der Waals surface area contributed by atoms with Gasteiger partial charge >= 0.3 is 6.18 Å². The molecule has 10 heteroatoms. The Morgan fingerprint density at radius 2 is 1.88 bits per heavy atom. The zero-order valence-electron chi connectivity index (χ0n) is 22.3. The fourth-order valence-electron chi connectivity index (χ4n) is 7.20. The normalized spacial score (nSPS) is 30.0. The van der Waals surface area contributed by atoms with Crippen LogP contribution < -0.4 is 5.32 Å². The first kappa shape index (κ1) is 27.9. The molecule has 1 aromatic rings. The molecule has 2 unspecified atom stereocenters. The van der Waals surface area contributed by atoms with Gasteiger partial charge in [-0.3, -0.25) is 14.5 Å². The SMILES string of the molecule is CC1=C(C(F)(F)F)C=CC2=CC1CN1CCCC13CCN(C3)C(=O)[C@@H](NC(=O)C1(c3ccc(Cl)cc3Cl)CC1)C2. The van der Waals surface area contributed by atoms with Gasteiger partial charge in [0.1, 0.15) is 6.04 Å². The van der Waals surface area contributed by atoms with Crippen LogP contribution in [0, 0.1) is 5.92 Å². The molecule has 3 aliphatic heterocycles. The Balaban J connectivity index is 1.36. The molecule has 1 saturated carbocycles. The average Bonchev–Trinajstić information content (AvgIpc) is 3.48. The van der Waals surface area contributed by atoms with Crippen molar-refractivity contribution in [3.63, 3.8) is 0 Å². The van der Waals surface area contributed by atoms with Gasteiger partial charge in [0.2, 0.25) is 11.8 Å². The number of nitrogens with zero attached hydrogens (tertiary/aromatic N) is 2. The van der Waals surface area contributed by atoms with Gasteiger partial charge in [-0.2, -0.15) is 13.2 Å². The first-order valence-corrected chi connectivity index (χ1v) is 14.6. The minimum atomic E-state index is -4.48. The van der Waals surface area contributed by atoms with Crippen LogP contribution in [0.25, 0.3) is 0 Å². The summed E-state index contributed by atoms with van der Waals surface area (Å²) in [6, 6.07) is 4.16. The third kappa shape index (κ3) is 4.80. The van der Waals surface area contributed by atoms with Crippen molar-refractivity contribution in [2.24, 2.45) is 5.92 Å². The van der Waals surface area contributed by atoms with E-state index in [1.165, 1.54) is 6.08 Å². The fourth-order valence-corrected chi connectivity index (χ4v) is 7.79. The largest absolute Gasteiger partial charge is 0.416 e. The Morgan fingerprint density at radius 3 is 2.58 bits per heavy atom. The Morgan fingerprint density at radius 1 is 1.10 bits per heavy atom. The second-order valence-corrected chi connectivity index (χ2v) is 12.8. The van der Waals surface area contributed by atoms with Crippen LogP contribution in [-0.4, -0.2) is 65.6 Å². The molecule has 0 radical (unpaired) electrons. The molecule has 1 N–H and O–H groups in total. The summed E-state index contributed by atoms with van der Waals surface area (Å²) in [5.41, 5.74) is -0.149. The summed E-state index contributed by atoms with van der Waals surface area (Å²) < 4.78 is 42.2. The Hall–Kier alpha value is -2.29. The molecule has 214 valence electrons. The highest BCUT2D eigenvalue weighted by atomic mass is 35.5. The van der Waals surface area contributed by atoms with Gasteiger partial charge in [-0.25, -0.2) is 0 Å². The van der Waals surface area contributed by atoms with Crippen molar-refractivity contribution in [1.29, 1.82) is 0 Å². The standard InChI is InChI=1S/C30H32Cl2F3N3O2/c1-18-20-13-19(3-5-22(18)30(33,34)35)14-25(26(39)37-12-10-28(17-37)7-2-11-38(28)16-20)36-27(40)29(8-9-29)23-6-4-21(31)15-24(23)32/h3-6,13,15,20,25H,2,7-12,14,16-17H2,1H3,(H,36,40)/t20?,25-,28?/m0/s1. The van der Waals surface area contributed by atoms with Gasteiger partial charge in [0, 0.05) is 47.6 Å². The van der Waals surface area contributed by atoms with Crippen molar-refractivity contribution in [2.45, 2.75) is 68.6 Å². The lowest BCUT2D eigenvalue weighted by molar-refractivity contribution is -0.136. The van der Waals surface area contributed by atoms with Crippen LogP contribution in [-0.2, 0) is 15.0 Å². The minimum absolute atomic E-state index is 0.115. The monoisotopic (exact) mass is 593 g/mol. The highest BCUT2D eigenvalue weighted by molar-refractivity contribution is 6.35. The number of fused-ring (bicyclic) bond motifs is 2. The number of alkyl halides is 3. The maximum Gasteiger partial charge on any atom is 0.416 e. The molecule has 3 fully saturated rings. The zero-order chi connectivity index (χ0) is 28.4. The molecule has 2 aliphatic carbocycles. The van der Waals surface area contributed by atoms with Gasteiger partial charge in [-0.05, 0) is 74.9 Å². The van der Waals surface area contributed by atoms with Crippen LogP contribution in [0.1, 0.15) is 51.0 Å². The van der Waals surface area contributed by atoms with E-state index >= 15 is 0 Å². The number of hydrogen-bond acceptors (Lipinski definition) is 3. The van der Waals surface area contributed by atoms with E-state index in [9.17, 15) is 22.8 Å². The number of benzene rings is 1. The van der Waals surface area contributed by atoms with Gasteiger partial charge in [-0.1, -0.05) is 47.0 Å². The molecule has 1 aromatic carbocycles. The van der Waals surface area contributed by atoms with Crippen LogP contribution in [0.15, 0.2) is 53.1 Å². The molecule has 3 heterocycles. The van der Waals surface area contributed by atoms with Gasteiger partial charge in [0.25, 0.3) is 0 Å². The first-order valence-electron chi connectivity index (χ1n) is 13.9. The van der Waals surface area contributed by atoms with E-state index < -0.39 is 29.1 Å². The van der Waals surface area contributed by atoms with Crippen molar-refractivity contribution >= 4 is 35.0 Å². The number of allylic oxidation sites excluding steroid dienone is 3. The van der Waals surface area contributed by atoms with Crippen LogP contribution in [0.3, 0.4) is 0 Å². The number of hydrogen-bond donors (Lipinski definition) is 1. The molecular weight excluding hydrogens is 562 g/mol. The van der Waals surface area contributed by atoms with E-state index in [1.54, 1.807) is 25.1 Å². The quantitative estimate of drug-likeness (QED) is 0.469. The van der Waals surface area contributed by atoms with Crippen molar-refractivity contribution in [3.05, 3.63) is 68.8 Å². The minimum Gasteiger partial charge on any atom is -0.343 e. The summed E-state index contributed by atoms with van der Waals surface area (Å²) in [5, 5.41) is 3.89. The van der Waals surface area contributed by atoms with Crippen LogP contribution in [0.2, 0.25) is 10.0 Å². The van der Waals surface area contributed by atoms with Gasteiger partial charge in [-0.15, -0.1) is 0 Å². The molecule has 4 bridgehead atoms. The second-order valence-electron chi connectivity index (χ2n) is 12.0. The summed E-state index contributed by atoms with van der Waals surface area (Å²) in [5.74, 6) is -0.924. The predicted octanol–water partition coefficient (Wildman–Crippen LogP) is 5.97. The van der Waals surface area contributed by atoms with Crippen molar-refractivity contribution < 1.29 is 22.8 Å². The maximum atomic E-state index is 14.1. The topological polar surface area (TPSA) is 52.6 Å². The number of carbonyl (C=O) groups is 2. The Kier molecular flexibility index (Phi) is 6.91. The number of halogens is 5. The summed E-state index contributed by atoms with van der Waals surface area (Å²) in [4.78, 5) is 31.9. The summed E-state index contributed by atoms with van der Waals surface area (Å²) >= 11 is 12.5. The summed E-state index contributed by atoms with van der Waals surface area (Å²) in [7, 11) is 0. The second kappa shape index (κ2) is 9.92. The van der Waals surface area contributed by atoms with Crippen molar-refractivity contribution in [2.75, 3.05) is 26.2 Å². The summed E-state index contributed by atoms with van der Waals surface area (Å²) in [6.45, 7) is 3.94. The third-order valence-corrected chi connectivity index (χ3v) is 10.2. The van der Waals surface area contributed by atoms with Crippen LogP contribution >= 0.6 is 23.2 Å². The van der Waals surface area contributed by atoms with Gasteiger partial charge in [0.05, 0.1) is 11.0 Å². The van der Waals surface area contributed by atoms with Crippen LogP contribution in [0.5, 0.6) is 0 Å². The number of amides is 2. The van der Waals surface area contributed by atoms with Gasteiger partial charge < -0.3 is 10.2 Å². The van der Waals surface area contributed by atoms with E-state index in [4.69, 9.17) is 23.2 Å². The highest BCUT2D eigenvalue weighted by Gasteiger charge is 2.54. The predicted molar refractivity (Wildman–Crippen MR) is 148 cm³/mol. The lowest BCUT2D eigenvalue weighted by atomic mass is 9.90. The molecule has 0 aromatic heterocycles. The molecule has 5 aliphatic rings. The molecule has 2 amide bonds. The van der Waals surface area contributed by atoms with E-state index in [0.717, 1.165) is 31.9 Å². The molecule has 1 spiro atoms. The van der Waals surface area contributed by atoms with E-state index in [2.05, 4.69) is 10.2 Å². The van der Waals surface area contributed by atoms with Crippen LogP contribution in [0.4, 0.5) is 13.2 Å². The third-order valence-electron chi connectivity index (χ3n) is 9.64. The highest BCUT2D eigenvalue weighted by Crippen LogP contribution is 2.51. The smallest absolute Gasteiger partial charge is 0.343 e. The molecule has 40 heavy (non-hydrogen) atoms. The Bertz CT molecular complexity index is 1350. The molecule has 6 rings (SSSR count).